The molecule has 0 aromatic carbocycles. The third kappa shape index (κ3) is 5.90. The third-order valence-corrected chi connectivity index (χ3v) is 1.71. The minimum atomic E-state index is -0.833. The van der Waals surface area contributed by atoms with Crippen LogP contribution < -0.4 is 0 Å². The van der Waals surface area contributed by atoms with Crippen LogP contribution in [-0.2, 0) is 14.3 Å². The van der Waals surface area contributed by atoms with Gasteiger partial charge in [0.15, 0.2) is 6.29 Å². The molecule has 0 bridgehead atoms. The molecule has 0 aromatic heterocycles. The lowest BCUT2D eigenvalue weighted by Crippen LogP contribution is -2.41. The van der Waals surface area contributed by atoms with E-state index in [2.05, 4.69) is 0 Å². The molecule has 84 valence electrons. The lowest BCUT2D eigenvalue weighted by molar-refractivity contribution is -0.223. The van der Waals surface area contributed by atoms with E-state index in [9.17, 15) is 0 Å². The zero-order chi connectivity index (χ0) is 11.2. The average molecular weight is 206 g/mol. The van der Waals surface area contributed by atoms with Gasteiger partial charge in [0.25, 0.3) is 5.97 Å². The number of hydrogen-bond donors (Lipinski definition) is 2. The Kier molecular flexibility index (Phi) is 5.68. The van der Waals surface area contributed by atoms with Crippen LogP contribution in [0.4, 0.5) is 0 Å². The normalized spacial score (nSPS) is 31.6. The molecule has 14 heavy (non-hydrogen) atoms. The highest BCUT2D eigenvalue weighted by Crippen LogP contribution is 2.22. The zero-order valence-corrected chi connectivity index (χ0v) is 8.82. The van der Waals surface area contributed by atoms with Crippen molar-refractivity contribution in [3.8, 4) is 0 Å². The Labute approximate surface area is 83.6 Å². The van der Waals surface area contributed by atoms with E-state index >= 15 is 0 Å². The van der Waals surface area contributed by atoms with Crippen molar-refractivity contribution in [1.82, 2.24) is 0 Å². The van der Waals surface area contributed by atoms with Crippen molar-refractivity contribution in [3.63, 3.8) is 0 Å². The van der Waals surface area contributed by atoms with E-state index < -0.39 is 5.97 Å². The first-order chi connectivity index (χ1) is 6.39. The second-order valence-electron chi connectivity index (χ2n) is 3.68. The van der Waals surface area contributed by atoms with Gasteiger partial charge in [-0.3, -0.25) is 4.79 Å². The van der Waals surface area contributed by atoms with Gasteiger partial charge in [0.05, 0.1) is 19.8 Å². The SMILES string of the molecule is CC(=O)O.CC1OCC(C)(CO)CO1. The molecule has 1 saturated heterocycles. The number of hydrogen-bond acceptors (Lipinski definition) is 4. The lowest BCUT2D eigenvalue weighted by Gasteiger charge is -2.34. The molecule has 1 aliphatic rings. The van der Waals surface area contributed by atoms with E-state index in [1.165, 1.54) is 0 Å². The van der Waals surface area contributed by atoms with Gasteiger partial charge in [-0.05, 0) is 6.92 Å². The maximum absolute atomic E-state index is 9.00. The molecule has 0 amide bonds. The summed E-state index contributed by atoms with van der Waals surface area (Å²) in [5.41, 5.74) is -0.188. The quantitative estimate of drug-likeness (QED) is 0.652. The predicted octanol–water partition coefficient (Wildman–Crippen LogP) is 0.469. The summed E-state index contributed by atoms with van der Waals surface area (Å²) in [5.74, 6) is -0.833. The van der Waals surface area contributed by atoms with Crippen molar-refractivity contribution in [3.05, 3.63) is 0 Å². The number of carboxylic acids is 1. The maximum atomic E-state index is 9.00. The summed E-state index contributed by atoms with van der Waals surface area (Å²) in [4.78, 5) is 9.00. The van der Waals surface area contributed by atoms with Crippen molar-refractivity contribution >= 4 is 5.97 Å². The van der Waals surface area contributed by atoms with Crippen molar-refractivity contribution in [1.29, 1.82) is 0 Å². The number of carbonyl (C=O) groups is 1. The summed E-state index contributed by atoms with van der Waals surface area (Å²) in [5, 5.41) is 16.3. The van der Waals surface area contributed by atoms with Crippen LogP contribution in [0.25, 0.3) is 0 Å². The van der Waals surface area contributed by atoms with Gasteiger partial charge in [0.1, 0.15) is 0 Å². The van der Waals surface area contributed by atoms with Crippen LogP contribution in [0.5, 0.6) is 0 Å². The Balaban J connectivity index is 0.000000364. The first-order valence-electron chi connectivity index (χ1n) is 4.43. The molecule has 5 nitrogen and oxygen atoms in total. The smallest absolute Gasteiger partial charge is 0.300 e. The molecule has 0 aliphatic carbocycles. The number of rotatable bonds is 1. The minimum Gasteiger partial charge on any atom is -0.481 e. The molecular weight excluding hydrogens is 188 g/mol. The summed E-state index contributed by atoms with van der Waals surface area (Å²) in [6.07, 6.45) is -0.111. The Morgan fingerprint density at radius 2 is 1.86 bits per heavy atom. The van der Waals surface area contributed by atoms with E-state index in [4.69, 9.17) is 24.5 Å². The average Bonchev–Trinajstić information content (AvgIpc) is 2.10. The van der Waals surface area contributed by atoms with Gasteiger partial charge in [-0.1, -0.05) is 6.92 Å². The molecule has 0 radical (unpaired) electrons. The number of ether oxygens (including phenoxy) is 2. The summed E-state index contributed by atoms with van der Waals surface area (Å²) >= 11 is 0. The fraction of sp³-hybridized carbons (Fsp3) is 0.889. The van der Waals surface area contributed by atoms with Crippen molar-refractivity contribution in [2.45, 2.75) is 27.1 Å². The Bertz CT molecular complexity index is 168. The molecule has 0 aromatic rings. The second-order valence-corrected chi connectivity index (χ2v) is 3.68. The van der Waals surface area contributed by atoms with Gasteiger partial charge >= 0.3 is 0 Å². The summed E-state index contributed by atoms with van der Waals surface area (Å²) in [7, 11) is 0. The highest BCUT2D eigenvalue weighted by atomic mass is 16.7. The first-order valence-corrected chi connectivity index (χ1v) is 4.43. The molecule has 0 saturated carbocycles. The van der Waals surface area contributed by atoms with Gasteiger partial charge in [-0.25, -0.2) is 0 Å². The third-order valence-electron chi connectivity index (χ3n) is 1.71. The maximum Gasteiger partial charge on any atom is 0.300 e. The topological polar surface area (TPSA) is 76.0 Å². The minimum absolute atomic E-state index is 0.111. The molecule has 1 aliphatic heterocycles. The van der Waals surface area contributed by atoms with Gasteiger partial charge < -0.3 is 19.7 Å². The van der Waals surface area contributed by atoms with E-state index in [1.54, 1.807) is 0 Å². The van der Waals surface area contributed by atoms with Gasteiger partial charge in [0.2, 0.25) is 0 Å². The van der Waals surface area contributed by atoms with Crippen LogP contribution in [0.2, 0.25) is 0 Å². The predicted molar refractivity (Wildman–Crippen MR) is 49.9 cm³/mol. The molecule has 5 heteroatoms. The number of aliphatic carboxylic acids is 1. The van der Waals surface area contributed by atoms with Crippen LogP contribution in [0.3, 0.4) is 0 Å². The van der Waals surface area contributed by atoms with E-state index in [-0.39, 0.29) is 18.3 Å². The van der Waals surface area contributed by atoms with E-state index in [1.807, 2.05) is 13.8 Å². The Hall–Kier alpha value is -0.650. The van der Waals surface area contributed by atoms with Crippen molar-refractivity contribution in [2.75, 3.05) is 19.8 Å². The van der Waals surface area contributed by atoms with Gasteiger partial charge in [-0.15, -0.1) is 0 Å². The van der Waals surface area contributed by atoms with Gasteiger partial charge in [-0.2, -0.15) is 0 Å². The van der Waals surface area contributed by atoms with Crippen LogP contribution in [0, 0.1) is 5.41 Å². The fourth-order valence-corrected chi connectivity index (χ4v) is 0.818. The largest absolute Gasteiger partial charge is 0.481 e. The number of aliphatic hydroxyl groups is 1. The Morgan fingerprint density at radius 1 is 1.50 bits per heavy atom. The highest BCUT2D eigenvalue weighted by molar-refractivity contribution is 5.62. The summed E-state index contributed by atoms with van der Waals surface area (Å²) in [6.45, 7) is 6.19. The molecule has 1 fully saturated rings. The lowest BCUT2D eigenvalue weighted by atomic mass is 9.94. The summed E-state index contributed by atoms with van der Waals surface area (Å²) in [6, 6.07) is 0. The molecule has 1 rings (SSSR count). The highest BCUT2D eigenvalue weighted by Gasteiger charge is 2.30. The number of carboxylic acid groups (broad SMARTS) is 1. The molecule has 1 heterocycles. The van der Waals surface area contributed by atoms with E-state index in [0.29, 0.717) is 13.2 Å². The molecule has 0 atom stereocenters. The van der Waals surface area contributed by atoms with Crippen LogP contribution in [0.15, 0.2) is 0 Å². The molecule has 2 N–H and O–H groups in total. The van der Waals surface area contributed by atoms with Crippen LogP contribution >= 0.6 is 0 Å². The van der Waals surface area contributed by atoms with Crippen molar-refractivity contribution in [2.24, 2.45) is 5.41 Å². The fourth-order valence-electron chi connectivity index (χ4n) is 0.818. The molecule has 0 spiro atoms. The Morgan fingerprint density at radius 3 is 2.14 bits per heavy atom. The van der Waals surface area contributed by atoms with Crippen molar-refractivity contribution < 1.29 is 24.5 Å². The standard InChI is InChI=1S/C7H14O3.C2H4O2/c1-6-9-4-7(2,3-8)5-10-6;1-2(3)4/h6,8H,3-5H2,1-2H3;1H3,(H,3,4). The first kappa shape index (κ1) is 13.4. The summed E-state index contributed by atoms with van der Waals surface area (Å²) < 4.78 is 10.4. The zero-order valence-electron chi connectivity index (χ0n) is 8.82. The molecular formula is C9H18O5. The van der Waals surface area contributed by atoms with Gasteiger partial charge in [0, 0.05) is 12.3 Å². The van der Waals surface area contributed by atoms with E-state index in [0.717, 1.165) is 6.92 Å². The monoisotopic (exact) mass is 206 g/mol. The van der Waals surface area contributed by atoms with Crippen LogP contribution in [-0.4, -0.2) is 42.3 Å². The second kappa shape index (κ2) is 5.95. The number of aliphatic hydroxyl groups excluding tert-OH is 1. The van der Waals surface area contributed by atoms with Crippen LogP contribution in [0.1, 0.15) is 20.8 Å². The molecule has 0 unspecified atom stereocenters.